The first-order chi connectivity index (χ1) is 31.1. The molecule has 16 nitrogen and oxygen atoms in total. The molecule has 18 heteroatoms. The van der Waals surface area contributed by atoms with E-state index in [0.29, 0.717) is 43.1 Å². The molecule has 3 amide bonds. The van der Waals surface area contributed by atoms with Gasteiger partial charge in [0.2, 0.25) is 11.8 Å². The molecule has 338 valence electrons. The van der Waals surface area contributed by atoms with Crippen LogP contribution in [0.15, 0.2) is 42.9 Å². The number of benzene rings is 1. The first-order valence-electron chi connectivity index (χ1n) is 23.3. The zero-order chi connectivity index (χ0) is 43.6. The molecule has 1 unspecified atom stereocenters. The lowest BCUT2D eigenvalue weighted by Crippen LogP contribution is -2.55. The van der Waals surface area contributed by atoms with Crippen molar-refractivity contribution in [3.8, 4) is 0 Å². The lowest BCUT2D eigenvalue weighted by atomic mass is 9.85. The Morgan fingerprint density at radius 1 is 0.969 bits per heavy atom. The van der Waals surface area contributed by atoms with Crippen molar-refractivity contribution in [2.24, 2.45) is 13.0 Å². The number of carbonyl (C=O) groups is 3. The number of piperazine rings is 1. The molecule has 4 aromatic heterocycles. The van der Waals surface area contributed by atoms with E-state index >= 15 is 0 Å². The normalized spacial score (nSPS) is 27.4. The minimum absolute atomic E-state index is 0.00814. The number of morpholine rings is 1. The number of alkyl halides is 2. The van der Waals surface area contributed by atoms with Gasteiger partial charge in [-0.15, -0.1) is 0 Å². The molecule has 11 rings (SSSR count). The van der Waals surface area contributed by atoms with E-state index in [1.54, 1.807) is 17.1 Å². The number of piperidine rings is 1. The number of nitrogens with zero attached hydrogens (tertiary/aromatic N) is 10. The van der Waals surface area contributed by atoms with Gasteiger partial charge >= 0.3 is 0 Å². The van der Waals surface area contributed by atoms with Crippen molar-refractivity contribution < 1.29 is 27.9 Å². The molecule has 5 atom stereocenters. The average Bonchev–Trinajstić information content (AvgIpc) is 4.16. The largest absolute Gasteiger partial charge is 0.374 e. The number of anilines is 2. The highest BCUT2D eigenvalue weighted by Crippen LogP contribution is 2.39. The molecule has 6 fully saturated rings. The fourth-order valence-corrected chi connectivity index (χ4v) is 11.9. The van der Waals surface area contributed by atoms with E-state index in [1.807, 2.05) is 23.9 Å². The molecular formula is C46H56F2N12O4. The van der Waals surface area contributed by atoms with E-state index in [-0.39, 0.29) is 41.3 Å². The van der Waals surface area contributed by atoms with Gasteiger partial charge in [0, 0.05) is 69.5 Å². The summed E-state index contributed by atoms with van der Waals surface area (Å²) in [7, 11) is 1.94. The number of likely N-dealkylation sites (tertiary alicyclic amines) is 1. The third kappa shape index (κ3) is 7.74. The first kappa shape index (κ1) is 41.4. The SMILES string of the molecule is Cn1nc(C2CCC(=O)NC2=O)c2cccc(CCCCN3C[C@H]4CC[C@@H](C3)N4CC3CCC(n4cc(NC(=O)c5cnn6ccc(N7C[C@H]8C[C@@H]7CO8)nc56)c(C(F)F)n4)CC3)c21. The molecular weight excluding hydrogens is 823 g/mol. The van der Waals surface area contributed by atoms with Gasteiger partial charge in [0.15, 0.2) is 11.3 Å². The van der Waals surface area contributed by atoms with Crippen molar-refractivity contribution in [3.05, 3.63) is 65.4 Å². The number of amides is 3. The molecule has 5 saturated heterocycles. The van der Waals surface area contributed by atoms with Gasteiger partial charge in [-0.05, 0) is 94.7 Å². The summed E-state index contributed by atoms with van der Waals surface area (Å²) < 4.78 is 39.6. The van der Waals surface area contributed by atoms with Crippen molar-refractivity contribution in [1.29, 1.82) is 0 Å². The minimum Gasteiger partial charge on any atom is -0.374 e. The molecule has 6 aliphatic rings. The number of aromatic nitrogens is 7. The third-order valence-corrected chi connectivity index (χ3v) is 15.1. The molecule has 2 N–H and O–H groups in total. The van der Waals surface area contributed by atoms with Crippen LogP contribution in [0.2, 0.25) is 0 Å². The summed E-state index contributed by atoms with van der Waals surface area (Å²) in [6.07, 6.45) is 13.2. The van der Waals surface area contributed by atoms with Crippen LogP contribution >= 0.6 is 0 Å². The molecule has 9 heterocycles. The van der Waals surface area contributed by atoms with Crippen LogP contribution in [0, 0.1) is 5.92 Å². The van der Waals surface area contributed by atoms with Crippen LogP contribution in [0.4, 0.5) is 20.3 Å². The predicted octanol–water partition coefficient (Wildman–Crippen LogP) is 5.40. The van der Waals surface area contributed by atoms with Crippen LogP contribution in [-0.4, -0.2) is 125 Å². The molecule has 0 radical (unpaired) electrons. The van der Waals surface area contributed by atoms with E-state index in [1.165, 1.54) is 29.1 Å². The Labute approximate surface area is 369 Å². The van der Waals surface area contributed by atoms with Gasteiger partial charge in [0.1, 0.15) is 11.4 Å². The highest BCUT2D eigenvalue weighted by Gasteiger charge is 2.42. The van der Waals surface area contributed by atoms with Crippen molar-refractivity contribution in [1.82, 2.24) is 49.3 Å². The summed E-state index contributed by atoms with van der Waals surface area (Å²) >= 11 is 0. The van der Waals surface area contributed by atoms with Crippen LogP contribution in [0.5, 0.6) is 0 Å². The summed E-state index contributed by atoms with van der Waals surface area (Å²) in [4.78, 5) is 50.4. The van der Waals surface area contributed by atoms with Crippen LogP contribution in [0.3, 0.4) is 0 Å². The zero-order valence-electron chi connectivity index (χ0n) is 36.2. The summed E-state index contributed by atoms with van der Waals surface area (Å²) in [6, 6.07) is 9.53. The van der Waals surface area contributed by atoms with E-state index < -0.39 is 23.9 Å². The van der Waals surface area contributed by atoms with E-state index in [0.717, 1.165) is 107 Å². The van der Waals surface area contributed by atoms with Crippen LogP contribution < -0.4 is 15.5 Å². The number of hydrogen-bond donors (Lipinski definition) is 2. The van der Waals surface area contributed by atoms with Gasteiger partial charge in [0.05, 0.1) is 53.8 Å². The molecule has 4 bridgehead atoms. The quantitative estimate of drug-likeness (QED) is 0.115. The molecule has 64 heavy (non-hydrogen) atoms. The first-order valence-corrected chi connectivity index (χ1v) is 23.3. The van der Waals surface area contributed by atoms with E-state index in [2.05, 4.69) is 47.7 Å². The zero-order valence-corrected chi connectivity index (χ0v) is 36.2. The highest BCUT2D eigenvalue weighted by atomic mass is 19.3. The average molecular weight is 879 g/mol. The van der Waals surface area contributed by atoms with Gasteiger partial charge in [-0.25, -0.2) is 18.3 Å². The molecule has 0 spiro atoms. The summed E-state index contributed by atoms with van der Waals surface area (Å²) in [5.74, 6) is -0.126. The number of ether oxygens (including phenoxy) is 1. The predicted molar refractivity (Wildman–Crippen MR) is 233 cm³/mol. The monoisotopic (exact) mass is 878 g/mol. The topological polar surface area (TPSA) is 160 Å². The smallest absolute Gasteiger partial charge is 0.284 e. The number of imide groups is 1. The fraction of sp³-hybridized carbons (Fsp3) is 0.587. The molecule has 1 aromatic carbocycles. The second-order valence-corrected chi connectivity index (χ2v) is 19.1. The number of rotatable bonds is 13. The minimum atomic E-state index is -2.84. The van der Waals surface area contributed by atoms with Crippen molar-refractivity contribution in [2.75, 3.05) is 49.5 Å². The standard InChI is InChI=1S/C46H56F2N12O4/c1-55-42-28(6-4-7-34(42)40(53-55)35-14-15-39(61)52-45(35)62)5-2-3-17-56-22-30-12-13-31(23-56)57(30)21-27-8-10-29(11-9-27)60-25-37(41(54-60)43(47)48)50-46(63)36-20-49-59-18-16-38(51-44(36)59)58-24-33-19-32(58)26-64-33/h4,6-7,16,18,20,25,27,29-33,35,43H,2-3,5,8-15,17,19,21-24,26H2,1H3,(H,50,63)(H,52,61,62)/t27?,29?,30-,31+,32-,33-,35?/m1/s1. The molecule has 5 aromatic rings. The summed E-state index contributed by atoms with van der Waals surface area (Å²) in [6.45, 7) is 5.75. The Hall–Kier alpha value is -5.33. The maximum Gasteiger partial charge on any atom is 0.284 e. The van der Waals surface area contributed by atoms with Crippen LogP contribution in [-0.2, 0) is 27.8 Å². The van der Waals surface area contributed by atoms with Crippen molar-refractivity contribution in [2.45, 2.75) is 120 Å². The second kappa shape index (κ2) is 16.9. The number of fused-ring (bicyclic) bond motifs is 6. The number of aryl methyl sites for hydroxylation is 2. The highest BCUT2D eigenvalue weighted by molar-refractivity contribution is 6.08. The Morgan fingerprint density at radius 3 is 2.53 bits per heavy atom. The molecule has 5 aliphatic heterocycles. The van der Waals surface area contributed by atoms with Gasteiger partial charge < -0.3 is 19.9 Å². The Bertz CT molecular complexity index is 2570. The second-order valence-electron chi connectivity index (χ2n) is 19.1. The van der Waals surface area contributed by atoms with E-state index in [9.17, 15) is 23.2 Å². The number of unbranched alkanes of at least 4 members (excludes halogenated alkanes) is 1. The molecule has 1 saturated carbocycles. The number of para-hydroxylation sites is 1. The van der Waals surface area contributed by atoms with Gasteiger partial charge in [0.25, 0.3) is 12.3 Å². The maximum absolute atomic E-state index is 14.4. The maximum atomic E-state index is 14.4. The van der Waals surface area contributed by atoms with Crippen molar-refractivity contribution >= 4 is 45.8 Å². The van der Waals surface area contributed by atoms with Crippen molar-refractivity contribution in [3.63, 3.8) is 0 Å². The number of hydrogen-bond acceptors (Lipinski definition) is 11. The number of halogens is 2. The van der Waals surface area contributed by atoms with Gasteiger partial charge in [-0.3, -0.25) is 34.0 Å². The van der Waals surface area contributed by atoms with E-state index in [4.69, 9.17) is 14.8 Å². The Balaban J connectivity index is 0.661. The van der Waals surface area contributed by atoms with Gasteiger partial charge in [-0.2, -0.15) is 15.3 Å². The van der Waals surface area contributed by atoms with Crippen LogP contribution in [0.25, 0.3) is 16.6 Å². The Kier molecular flexibility index (Phi) is 10.9. The fourth-order valence-electron chi connectivity index (χ4n) is 11.9. The number of carbonyl (C=O) groups excluding carboxylic acids is 3. The lowest BCUT2D eigenvalue weighted by molar-refractivity contribution is -0.134. The molecule has 1 aliphatic carbocycles. The summed E-state index contributed by atoms with van der Waals surface area (Å²) in [5, 5.41) is 19.6. The third-order valence-electron chi connectivity index (χ3n) is 15.1. The van der Waals surface area contributed by atoms with Gasteiger partial charge in [-0.1, -0.05) is 18.2 Å². The number of nitrogens with one attached hydrogen (secondary N) is 2. The summed E-state index contributed by atoms with van der Waals surface area (Å²) in [5.41, 5.74) is 3.26. The Morgan fingerprint density at radius 2 is 1.78 bits per heavy atom. The lowest BCUT2D eigenvalue weighted by Gasteiger charge is -2.43. The van der Waals surface area contributed by atoms with Crippen LogP contribution in [0.1, 0.15) is 116 Å².